The largest absolute Gasteiger partial charge is 0.365 e. The summed E-state index contributed by atoms with van der Waals surface area (Å²) < 4.78 is 4.33. The highest BCUT2D eigenvalue weighted by molar-refractivity contribution is 4.67. The van der Waals surface area contributed by atoms with Gasteiger partial charge in [0.2, 0.25) is 0 Å². The monoisotopic (exact) mass is 100 g/mol. The Morgan fingerprint density at radius 1 is 1.57 bits per heavy atom. The molecule has 0 radical (unpaired) electrons. The van der Waals surface area contributed by atoms with Gasteiger partial charge in [-0.15, -0.1) is 0 Å². The van der Waals surface area contributed by atoms with E-state index in [1.165, 1.54) is 13.3 Å². The van der Waals surface area contributed by atoms with Crippen LogP contribution in [0.3, 0.4) is 0 Å². The Morgan fingerprint density at radius 3 is 2.43 bits per heavy atom. The zero-order valence-electron chi connectivity index (χ0n) is 4.16. The molecule has 1 aromatic rings. The van der Waals surface area contributed by atoms with Crippen LogP contribution in [0, 0.1) is 0 Å². The molecule has 0 bridgehead atoms. The highest BCUT2D eigenvalue weighted by Gasteiger charge is 1.60. The molecule has 1 heterocycles. The van der Waals surface area contributed by atoms with E-state index < -0.39 is 0 Å². The molecule has 1 aromatic heterocycles. The van der Waals surface area contributed by atoms with Gasteiger partial charge >= 0.3 is 0 Å². The maximum absolute atomic E-state index is 4.50. The summed E-state index contributed by atoms with van der Waals surface area (Å²) >= 11 is 0. The lowest BCUT2D eigenvalue weighted by molar-refractivity contribution is 0.420. The van der Waals surface area contributed by atoms with Crippen LogP contribution in [0.5, 0.6) is 0 Å². The van der Waals surface area contributed by atoms with E-state index in [2.05, 4.69) is 15.4 Å². The van der Waals surface area contributed by atoms with E-state index in [1.54, 1.807) is 12.3 Å². The lowest BCUT2D eigenvalue weighted by Crippen LogP contribution is -1.69. The highest BCUT2D eigenvalue weighted by atomic mass is 16.5. The highest BCUT2D eigenvalue weighted by Crippen LogP contribution is 1.72. The molecule has 0 saturated heterocycles. The molecule has 0 unspecified atom stereocenters. The van der Waals surface area contributed by atoms with E-state index >= 15 is 0 Å². The molecule has 0 aliphatic heterocycles. The molecular formula is C4H8N2O. The molecule has 0 aromatic carbocycles. The van der Waals surface area contributed by atoms with E-state index in [0.717, 1.165) is 0 Å². The normalized spacial score (nSPS) is 6.57. The number of nitrogens with two attached hydrogens (primary N) is 1. The van der Waals surface area contributed by atoms with Crippen LogP contribution >= 0.6 is 0 Å². The van der Waals surface area contributed by atoms with Crippen molar-refractivity contribution in [1.29, 1.82) is 0 Å². The van der Waals surface area contributed by atoms with Crippen LogP contribution in [0.2, 0.25) is 0 Å². The van der Waals surface area contributed by atoms with Crippen LogP contribution < -0.4 is 5.73 Å². The van der Waals surface area contributed by atoms with Crippen LogP contribution in [0.1, 0.15) is 0 Å². The maximum atomic E-state index is 4.50. The predicted octanol–water partition coefficient (Wildman–Crippen LogP) is 0.250. The van der Waals surface area contributed by atoms with Crippen molar-refractivity contribution in [2.24, 2.45) is 5.73 Å². The van der Waals surface area contributed by atoms with Crippen molar-refractivity contribution in [1.82, 2.24) is 5.16 Å². The molecule has 0 aliphatic carbocycles. The van der Waals surface area contributed by atoms with Crippen molar-refractivity contribution in [2.75, 3.05) is 7.05 Å². The van der Waals surface area contributed by atoms with E-state index in [-0.39, 0.29) is 0 Å². The van der Waals surface area contributed by atoms with Gasteiger partial charge in [-0.2, -0.15) is 0 Å². The van der Waals surface area contributed by atoms with Crippen molar-refractivity contribution >= 4 is 0 Å². The zero-order chi connectivity index (χ0) is 5.54. The smallest absolute Gasteiger partial charge is 0.123 e. The first-order valence-corrected chi connectivity index (χ1v) is 1.92. The summed E-state index contributed by atoms with van der Waals surface area (Å²) in [7, 11) is 1.50. The SMILES string of the molecule is CN.c1cnoc1. The molecular weight excluding hydrogens is 92.1 g/mol. The number of rotatable bonds is 0. The van der Waals surface area contributed by atoms with Gasteiger partial charge in [-0.3, -0.25) is 0 Å². The standard InChI is InChI=1S/C3H3NO.CH5N/c1-2-4-5-3-1;1-2/h1-3H;2H2,1H3. The molecule has 0 atom stereocenters. The number of nitrogens with zero attached hydrogens (tertiary/aromatic N) is 1. The van der Waals surface area contributed by atoms with Crippen molar-refractivity contribution in [3.05, 3.63) is 18.5 Å². The van der Waals surface area contributed by atoms with Gasteiger partial charge < -0.3 is 10.3 Å². The van der Waals surface area contributed by atoms with Gasteiger partial charge in [-0.25, -0.2) is 0 Å². The Hall–Kier alpha value is -0.830. The molecule has 1 rings (SSSR count). The Bertz CT molecular complexity index is 66.2. The molecule has 0 fully saturated rings. The van der Waals surface area contributed by atoms with Crippen LogP contribution in [0.4, 0.5) is 0 Å². The molecule has 0 spiro atoms. The van der Waals surface area contributed by atoms with E-state index in [1.807, 2.05) is 0 Å². The van der Waals surface area contributed by atoms with Crippen LogP contribution in [0.15, 0.2) is 23.0 Å². The lowest BCUT2D eigenvalue weighted by atomic mass is 10.8. The average Bonchev–Trinajstić information content (AvgIpc) is 2.23. The molecule has 0 saturated carbocycles. The Labute approximate surface area is 42.1 Å². The van der Waals surface area contributed by atoms with Gasteiger partial charge in [-0.05, 0) is 13.1 Å². The van der Waals surface area contributed by atoms with E-state index in [4.69, 9.17) is 0 Å². The minimum Gasteiger partial charge on any atom is -0.365 e. The molecule has 2 N–H and O–H groups in total. The average molecular weight is 100 g/mol. The molecule has 3 heteroatoms. The van der Waals surface area contributed by atoms with Crippen molar-refractivity contribution in [3.63, 3.8) is 0 Å². The summed E-state index contributed by atoms with van der Waals surface area (Å²) in [5.74, 6) is 0. The minimum absolute atomic E-state index is 1.50. The third-order valence-electron chi connectivity index (χ3n) is 0.347. The molecule has 0 amide bonds. The van der Waals surface area contributed by atoms with Gasteiger partial charge in [-0.1, -0.05) is 5.16 Å². The van der Waals surface area contributed by atoms with Crippen LogP contribution in [-0.4, -0.2) is 12.2 Å². The fraction of sp³-hybridized carbons (Fsp3) is 0.250. The second kappa shape index (κ2) is 5.17. The summed E-state index contributed by atoms with van der Waals surface area (Å²) in [5, 5.41) is 3.35. The molecule has 7 heavy (non-hydrogen) atoms. The van der Waals surface area contributed by atoms with Gasteiger partial charge in [0.1, 0.15) is 6.26 Å². The van der Waals surface area contributed by atoms with Gasteiger partial charge in [0.05, 0.1) is 6.20 Å². The Kier molecular flexibility index (Phi) is 4.56. The summed E-state index contributed by atoms with van der Waals surface area (Å²) in [4.78, 5) is 0. The Balaban J connectivity index is 0.000000162. The summed E-state index contributed by atoms with van der Waals surface area (Å²) in [6.45, 7) is 0. The van der Waals surface area contributed by atoms with Crippen LogP contribution in [0.25, 0.3) is 0 Å². The topological polar surface area (TPSA) is 52.0 Å². The molecule has 0 aliphatic rings. The number of hydrogen-bond donors (Lipinski definition) is 1. The second-order valence-corrected chi connectivity index (χ2v) is 0.688. The second-order valence-electron chi connectivity index (χ2n) is 0.688. The maximum Gasteiger partial charge on any atom is 0.123 e. The predicted molar refractivity (Wildman–Crippen MR) is 26.6 cm³/mol. The summed E-state index contributed by atoms with van der Waals surface area (Å²) in [6.07, 6.45) is 3.10. The summed E-state index contributed by atoms with van der Waals surface area (Å²) in [5.41, 5.74) is 4.50. The van der Waals surface area contributed by atoms with Gasteiger partial charge in [0, 0.05) is 0 Å². The molecule has 40 valence electrons. The fourth-order valence-corrected chi connectivity index (χ4v) is 0.176. The van der Waals surface area contributed by atoms with Crippen molar-refractivity contribution < 1.29 is 4.52 Å². The number of aromatic nitrogens is 1. The quantitative estimate of drug-likeness (QED) is 0.508. The van der Waals surface area contributed by atoms with Gasteiger partial charge in [0.25, 0.3) is 0 Å². The first-order valence-electron chi connectivity index (χ1n) is 1.92. The van der Waals surface area contributed by atoms with Crippen molar-refractivity contribution in [3.8, 4) is 0 Å². The lowest BCUT2D eigenvalue weighted by Gasteiger charge is -1.48. The van der Waals surface area contributed by atoms with E-state index in [0.29, 0.717) is 0 Å². The third kappa shape index (κ3) is 2.99. The minimum atomic E-state index is 1.50. The first-order chi connectivity index (χ1) is 3.50. The molecule has 3 nitrogen and oxygen atoms in total. The third-order valence-corrected chi connectivity index (χ3v) is 0.347. The van der Waals surface area contributed by atoms with Crippen LogP contribution in [-0.2, 0) is 0 Å². The zero-order valence-corrected chi connectivity index (χ0v) is 4.16. The first kappa shape index (κ1) is 6.17. The van der Waals surface area contributed by atoms with Gasteiger partial charge in [0.15, 0.2) is 0 Å². The number of hydrogen-bond acceptors (Lipinski definition) is 3. The van der Waals surface area contributed by atoms with Crippen molar-refractivity contribution in [2.45, 2.75) is 0 Å². The summed E-state index contributed by atoms with van der Waals surface area (Å²) in [6, 6.07) is 1.72. The van der Waals surface area contributed by atoms with E-state index in [9.17, 15) is 0 Å². The fourth-order valence-electron chi connectivity index (χ4n) is 0.176. The Morgan fingerprint density at radius 2 is 2.29 bits per heavy atom.